The number of carbonyl (C=O) groups is 5. The number of carbonyl (C=O) groups excluding carboxylic acids is 5. The summed E-state index contributed by atoms with van der Waals surface area (Å²) in [5.74, 6) is -2.07. The van der Waals surface area contributed by atoms with Gasteiger partial charge in [-0.15, -0.1) is 0 Å². The average molecular weight is 813 g/mol. The molecule has 5 aromatic rings. The molecule has 0 aliphatic heterocycles. The molecule has 4 unspecified atom stereocenters. The van der Waals surface area contributed by atoms with Crippen LogP contribution in [0.4, 0.5) is 0 Å². The fourth-order valence-corrected chi connectivity index (χ4v) is 7.42. The number of nitrogens with two attached hydrogens (primary N) is 2. The second-order valence-corrected chi connectivity index (χ2v) is 15.6. The molecule has 0 aliphatic carbocycles. The highest BCUT2D eigenvalue weighted by Gasteiger charge is 2.31. The van der Waals surface area contributed by atoms with Crippen LogP contribution in [-0.2, 0) is 43.2 Å². The van der Waals surface area contributed by atoms with Gasteiger partial charge in [0.15, 0.2) is 5.78 Å². The van der Waals surface area contributed by atoms with Crippen molar-refractivity contribution in [3.05, 3.63) is 132 Å². The van der Waals surface area contributed by atoms with Crippen molar-refractivity contribution < 1.29 is 24.0 Å². The lowest BCUT2D eigenvalue weighted by Crippen LogP contribution is -2.59. The summed E-state index contributed by atoms with van der Waals surface area (Å²) in [4.78, 5) is 69.1. The van der Waals surface area contributed by atoms with Crippen molar-refractivity contribution >= 4 is 51.0 Å². The molecule has 11 nitrogen and oxygen atoms in total. The normalized spacial score (nSPS) is 13.2. The molecule has 0 bridgehead atoms. The Kier molecular flexibility index (Phi) is 17.8. The number of hydrogen-bond donors (Lipinski definition) is 6. The minimum absolute atomic E-state index is 0.106. The average Bonchev–Trinajstić information content (AvgIpc) is 3.25. The molecular formula is C49H60N6O5. The quantitative estimate of drug-likeness (QED) is 0.0439. The molecule has 0 heterocycles. The molecule has 4 atom stereocenters. The molecule has 0 aliphatic rings. The highest BCUT2D eigenvalue weighted by atomic mass is 16.2. The van der Waals surface area contributed by atoms with E-state index in [1.54, 1.807) is 0 Å². The third kappa shape index (κ3) is 14.1. The number of amides is 4. The molecule has 316 valence electrons. The van der Waals surface area contributed by atoms with Gasteiger partial charge < -0.3 is 32.7 Å². The molecule has 0 radical (unpaired) electrons. The van der Waals surface area contributed by atoms with Gasteiger partial charge in [-0.3, -0.25) is 24.0 Å². The van der Waals surface area contributed by atoms with Crippen LogP contribution < -0.4 is 32.7 Å². The van der Waals surface area contributed by atoms with E-state index in [9.17, 15) is 24.0 Å². The Bertz CT molecular complexity index is 2190. The van der Waals surface area contributed by atoms with Gasteiger partial charge in [0.05, 0.1) is 6.04 Å². The molecule has 8 N–H and O–H groups in total. The molecule has 4 amide bonds. The number of rotatable bonds is 24. The van der Waals surface area contributed by atoms with Crippen LogP contribution in [0.25, 0.3) is 21.5 Å². The number of ketones is 1. The third-order valence-electron chi connectivity index (χ3n) is 10.8. The number of unbranched alkanes of at least 4 members (excludes halogenated alkanes) is 4. The van der Waals surface area contributed by atoms with Gasteiger partial charge in [-0.25, -0.2) is 0 Å². The first-order chi connectivity index (χ1) is 29.1. The number of hydrogen-bond acceptors (Lipinski definition) is 7. The van der Waals surface area contributed by atoms with E-state index in [2.05, 4.69) is 21.3 Å². The highest BCUT2D eigenvalue weighted by molar-refractivity contribution is 5.96. The Balaban J connectivity index is 1.43. The molecule has 0 spiro atoms. The van der Waals surface area contributed by atoms with Crippen molar-refractivity contribution in [1.82, 2.24) is 21.3 Å². The van der Waals surface area contributed by atoms with Crippen molar-refractivity contribution in [2.45, 2.75) is 102 Å². The topological polar surface area (TPSA) is 186 Å². The van der Waals surface area contributed by atoms with Gasteiger partial charge in [0.1, 0.15) is 18.1 Å². The molecule has 11 heteroatoms. The molecule has 0 fully saturated rings. The van der Waals surface area contributed by atoms with Gasteiger partial charge in [-0.05, 0) is 90.4 Å². The van der Waals surface area contributed by atoms with E-state index in [1.165, 1.54) is 6.92 Å². The fraction of sp³-hybridized carbons (Fsp3) is 0.367. The maximum atomic E-state index is 14.6. The molecular weight excluding hydrogens is 753 g/mol. The number of nitrogens with one attached hydrogen (secondary N) is 4. The van der Waals surface area contributed by atoms with E-state index in [4.69, 9.17) is 11.5 Å². The second kappa shape index (κ2) is 23.6. The van der Waals surface area contributed by atoms with Gasteiger partial charge in [0.2, 0.25) is 23.6 Å². The van der Waals surface area contributed by atoms with Crippen molar-refractivity contribution in [1.29, 1.82) is 0 Å². The predicted octanol–water partition coefficient (Wildman–Crippen LogP) is 5.59. The summed E-state index contributed by atoms with van der Waals surface area (Å²) in [6, 6.07) is 33.0. The summed E-state index contributed by atoms with van der Waals surface area (Å²) in [5.41, 5.74) is 13.8. The summed E-state index contributed by atoms with van der Waals surface area (Å²) >= 11 is 0. The van der Waals surface area contributed by atoms with Crippen molar-refractivity contribution in [3.63, 3.8) is 0 Å². The predicted molar refractivity (Wildman–Crippen MR) is 239 cm³/mol. The third-order valence-corrected chi connectivity index (χ3v) is 10.8. The van der Waals surface area contributed by atoms with Gasteiger partial charge in [0.25, 0.3) is 0 Å². The zero-order valence-corrected chi connectivity index (χ0v) is 34.7. The highest BCUT2D eigenvalue weighted by Crippen LogP contribution is 2.19. The van der Waals surface area contributed by atoms with Gasteiger partial charge in [0, 0.05) is 25.7 Å². The maximum Gasteiger partial charge on any atom is 0.243 e. The molecule has 0 aromatic heterocycles. The van der Waals surface area contributed by atoms with E-state index in [1.807, 2.05) is 115 Å². The first-order valence-corrected chi connectivity index (χ1v) is 21.2. The maximum absolute atomic E-state index is 14.6. The lowest BCUT2D eigenvalue weighted by Gasteiger charge is -2.27. The number of fused-ring (bicyclic) bond motifs is 2. The zero-order chi connectivity index (χ0) is 42.7. The summed E-state index contributed by atoms with van der Waals surface area (Å²) in [6.45, 7) is 2.50. The van der Waals surface area contributed by atoms with Crippen LogP contribution in [0, 0.1) is 0 Å². The van der Waals surface area contributed by atoms with Crippen LogP contribution in [0.5, 0.6) is 0 Å². The number of Topliss-reactive ketones (excluding diaryl/α,β-unsaturated/α-hetero) is 1. The summed E-state index contributed by atoms with van der Waals surface area (Å²) in [5, 5.41) is 15.8. The van der Waals surface area contributed by atoms with Gasteiger partial charge in [-0.1, -0.05) is 128 Å². The smallest absolute Gasteiger partial charge is 0.243 e. The van der Waals surface area contributed by atoms with Crippen LogP contribution in [-0.4, -0.2) is 66.7 Å². The second-order valence-electron chi connectivity index (χ2n) is 15.6. The van der Waals surface area contributed by atoms with E-state index in [0.29, 0.717) is 38.8 Å². The van der Waals surface area contributed by atoms with E-state index in [-0.39, 0.29) is 37.4 Å². The fourth-order valence-electron chi connectivity index (χ4n) is 7.42. The molecule has 5 aromatic carbocycles. The lowest BCUT2D eigenvalue weighted by molar-refractivity contribution is -0.134. The SMILES string of the molecule is CC(=O)C(CCCCN)NC(=O)C(Cc1ccccc1)NC(=O)C(Cc1ccc2ccccc2c1)NC(=O)C(Cc1ccc2ccccc2c1)NC(=O)CCCCCCN. The Morgan fingerprint density at radius 1 is 0.450 bits per heavy atom. The zero-order valence-electron chi connectivity index (χ0n) is 34.7. The summed E-state index contributed by atoms with van der Waals surface area (Å²) < 4.78 is 0. The van der Waals surface area contributed by atoms with Crippen molar-refractivity contribution in [3.8, 4) is 0 Å². The Hall–Kier alpha value is -5.91. The van der Waals surface area contributed by atoms with Crippen LogP contribution >= 0.6 is 0 Å². The van der Waals surface area contributed by atoms with E-state index in [0.717, 1.165) is 57.5 Å². The van der Waals surface area contributed by atoms with Crippen LogP contribution in [0.1, 0.15) is 75.0 Å². The molecule has 5 rings (SSSR count). The monoisotopic (exact) mass is 812 g/mol. The lowest BCUT2D eigenvalue weighted by atomic mass is 9.98. The first-order valence-electron chi connectivity index (χ1n) is 21.2. The Morgan fingerprint density at radius 2 is 0.883 bits per heavy atom. The van der Waals surface area contributed by atoms with Crippen molar-refractivity contribution in [2.24, 2.45) is 11.5 Å². The van der Waals surface area contributed by atoms with Crippen LogP contribution in [0.15, 0.2) is 115 Å². The Morgan fingerprint density at radius 3 is 1.40 bits per heavy atom. The van der Waals surface area contributed by atoms with E-state index >= 15 is 0 Å². The minimum atomic E-state index is -1.13. The standard InChI is InChI=1S/C49H60N6O5/c1-34(56)42(21-12-14-28-51)53-48(59)44(31-35-15-5-4-6-16-35)54-49(60)45(33-37-24-26-39-18-9-11-20-41(39)30-37)55-47(58)43(52-46(57)22-7-2-3-13-27-50)32-36-23-25-38-17-8-10-19-40(38)29-36/h4-6,8-11,15-20,23-26,29-30,42-45H,2-3,7,12-14,21-22,27-28,31-33,50-51H2,1H3,(H,52,57)(H,53,59)(H,54,60)(H,55,58). The molecule has 60 heavy (non-hydrogen) atoms. The largest absolute Gasteiger partial charge is 0.345 e. The van der Waals surface area contributed by atoms with Crippen LogP contribution in [0.2, 0.25) is 0 Å². The number of benzene rings is 5. The summed E-state index contributed by atoms with van der Waals surface area (Å²) in [7, 11) is 0. The Labute approximate surface area is 353 Å². The molecule has 0 saturated heterocycles. The first kappa shape index (κ1) is 45.2. The van der Waals surface area contributed by atoms with E-state index < -0.39 is 41.9 Å². The van der Waals surface area contributed by atoms with Crippen LogP contribution in [0.3, 0.4) is 0 Å². The minimum Gasteiger partial charge on any atom is -0.345 e. The van der Waals surface area contributed by atoms with Crippen molar-refractivity contribution in [2.75, 3.05) is 13.1 Å². The summed E-state index contributed by atoms with van der Waals surface area (Å²) in [6.07, 6.45) is 5.78. The van der Waals surface area contributed by atoms with Gasteiger partial charge >= 0.3 is 0 Å². The van der Waals surface area contributed by atoms with Gasteiger partial charge in [-0.2, -0.15) is 0 Å². The molecule has 0 saturated carbocycles.